The van der Waals surface area contributed by atoms with E-state index in [0.29, 0.717) is 17.7 Å². The molecular weight excluding hydrogens is 436 g/mol. The summed E-state index contributed by atoms with van der Waals surface area (Å²) in [6.45, 7) is 4.93. The second-order valence-corrected chi connectivity index (χ2v) is 10.2. The molecule has 0 radical (unpaired) electrons. The molecule has 0 bridgehead atoms. The fourth-order valence-corrected chi connectivity index (χ4v) is 6.08. The molecule has 2 atom stereocenters. The Hall–Kier alpha value is -2.74. The van der Waals surface area contributed by atoms with Crippen molar-refractivity contribution in [3.63, 3.8) is 0 Å². The third-order valence-corrected chi connectivity index (χ3v) is 8.10. The van der Waals surface area contributed by atoms with E-state index in [0.717, 1.165) is 56.0 Å². The molecule has 4 heterocycles. The lowest BCUT2D eigenvalue weighted by Crippen LogP contribution is -2.45. The lowest BCUT2D eigenvalue weighted by Gasteiger charge is -2.36. The van der Waals surface area contributed by atoms with Crippen LogP contribution in [-0.4, -0.2) is 58.7 Å². The number of likely N-dealkylation sites (tertiary alicyclic amines) is 1. The summed E-state index contributed by atoms with van der Waals surface area (Å²) in [5, 5.41) is 2.59. The molecule has 174 valence electrons. The molecule has 3 aliphatic rings. The smallest absolute Gasteiger partial charge is 0.264 e. The summed E-state index contributed by atoms with van der Waals surface area (Å²) in [4.78, 5) is 49.8. The Morgan fingerprint density at radius 1 is 1.06 bits per heavy atom. The number of imide groups is 1. The molecule has 3 aliphatic heterocycles. The molecule has 0 spiro atoms. The average molecular weight is 467 g/mol. The maximum absolute atomic E-state index is 13.5. The first kappa shape index (κ1) is 22.1. The van der Waals surface area contributed by atoms with Gasteiger partial charge in [0.2, 0.25) is 5.91 Å². The second-order valence-electron chi connectivity index (χ2n) is 9.25. The Balaban J connectivity index is 1.39. The summed E-state index contributed by atoms with van der Waals surface area (Å²) in [6.07, 6.45) is 8.02. The summed E-state index contributed by atoms with van der Waals surface area (Å²) < 4.78 is 0. The van der Waals surface area contributed by atoms with E-state index in [1.165, 1.54) is 29.1 Å². The van der Waals surface area contributed by atoms with Gasteiger partial charge >= 0.3 is 0 Å². The fourth-order valence-electron chi connectivity index (χ4n) is 5.40. The molecular formula is C25H30N4O3S. The molecule has 0 aliphatic carbocycles. The molecule has 0 saturated carbocycles. The van der Waals surface area contributed by atoms with Crippen molar-refractivity contribution >= 4 is 34.7 Å². The number of rotatable bonds is 4. The highest BCUT2D eigenvalue weighted by Crippen LogP contribution is 2.38. The Bertz CT molecular complexity index is 1050. The molecule has 0 N–H and O–H groups in total. The molecule has 2 fully saturated rings. The number of fused-ring (bicyclic) bond motifs is 1. The number of benzene rings is 1. The quantitative estimate of drug-likeness (QED) is 0.634. The average Bonchev–Trinajstić information content (AvgIpc) is 3.36. The van der Waals surface area contributed by atoms with Crippen LogP contribution >= 0.6 is 11.3 Å². The van der Waals surface area contributed by atoms with Crippen molar-refractivity contribution in [2.24, 2.45) is 5.92 Å². The van der Waals surface area contributed by atoms with Gasteiger partial charge in [-0.2, -0.15) is 0 Å². The van der Waals surface area contributed by atoms with Crippen LogP contribution in [0.1, 0.15) is 77.2 Å². The second kappa shape index (κ2) is 9.25. The van der Waals surface area contributed by atoms with Crippen LogP contribution in [0.2, 0.25) is 0 Å². The highest BCUT2D eigenvalue weighted by atomic mass is 32.1. The number of anilines is 1. The Kier molecular flexibility index (Phi) is 6.19. The zero-order valence-corrected chi connectivity index (χ0v) is 19.9. The van der Waals surface area contributed by atoms with Gasteiger partial charge in [-0.15, -0.1) is 11.3 Å². The Labute approximate surface area is 198 Å². The molecule has 2 saturated heterocycles. The molecule has 1 aromatic heterocycles. The van der Waals surface area contributed by atoms with Crippen LogP contribution in [0, 0.1) is 5.92 Å². The number of nitrogens with zero attached hydrogens (tertiary/aromatic N) is 4. The van der Waals surface area contributed by atoms with Crippen LogP contribution in [0.4, 0.5) is 5.69 Å². The number of hydrogen-bond donors (Lipinski definition) is 0. The highest BCUT2D eigenvalue weighted by Gasteiger charge is 2.42. The van der Waals surface area contributed by atoms with Gasteiger partial charge in [0.25, 0.3) is 11.8 Å². The number of carbonyl (C=O) groups is 3. The molecule has 5 rings (SSSR count). The van der Waals surface area contributed by atoms with E-state index in [1.807, 2.05) is 29.3 Å². The van der Waals surface area contributed by atoms with E-state index in [4.69, 9.17) is 0 Å². The largest absolute Gasteiger partial charge is 0.370 e. The third kappa shape index (κ3) is 4.05. The predicted octanol–water partition coefficient (Wildman–Crippen LogP) is 4.12. The Morgan fingerprint density at radius 2 is 1.85 bits per heavy atom. The molecule has 33 heavy (non-hydrogen) atoms. The van der Waals surface area contributed by atoms with Crippen molar-refractivity contribution in [2.45, 2.75) is 51.5 Å². The lowest BCUT2D eigenvalue weighted by molar-refractivity contribution is -0.135. The van der Waals surface area contributed by atoms with Crippen LogP contribution in [0.3, 0.4) is 0 Å². The minimum atomic E-state index is -0.413. The maximum Gasteiger partial charge on any atom is 0.264 e. The third-order valence-electron chi connectivity index (χ3n) is 7.15. The van der Waals surface area contributed by atoms with Gasteiger partial charge in [0.15, 0.2) is 0 Å². The lowest BCUT2D eigenvalue weighted by atomic mass is 9.94. The van der Waals surface area contributed by atoms with Gasteiger partial charge in [-0.05, 0) is 44.7 Å². The normalized spacial score (nSPS) is 22.3. The van der Waals surface area contributed by atoms with Crippen LogP contribution in [0.5, 0.6) is 0 Å². The predicted molar refractivity (Wildman–Crippen MR) is 127 cm³/mol. The van der Waals surface area contributed by atoms with E-state index in [2.05, 4.69) is 9.88 Å². The molecule has 2 aromatic rings. The topological polar surface area (TPSA) is 73.8 Å². The number of aromatic nitrogens is 1. The van der Waals surface area contributed by atoms with Gasteiger partial charge < -0.3 is 9.80 Å². The van der Waals surface area contributed by atoms with Crippen molar-refractivity contribution in [3.8, 4) is 0 Å². The summed E-state index contributed by atoms with van der Waals surface area (Å²) in [7, 11) is 0. The minimum Gasteiger partial charge on any atom is -0.370 e. The molecule has 1 aromatic carbocycles. The first-order chi connectivity index (χ1) is 16.1. The van der Waals surface area contributed by atoms with Crippen molar-refractivity contribution in [1.29, 1.82) is 0 Å². The SMILES string of the molecule is C[C@@H](c1nccs1)N1C(=O)c2cccc(N3CCC[C@H](C(=O)N4CCCCCC4)C3)c2C1=O. The first-order valence-corrected chi connectivity index (χ1v) is 12.9. The van der Waals surface area contributed by atoms with E-state index < -0.39 is 6.04 Å². The zero-order valence-electron chi connectivity index (χ0n) is 19.0. The summed E-state index contributed by atoms with van der Waals surface area (Å²) in [5.41, 5.74) is 1.68. The molecule has 0 unspecified atom stereocenters. The summed E-state index contributed by atoms with van der Waals surface area (Å²) in [6, 6.07) is 5.08. The van der Waals surface area contributed by atoms with Gasteiger partial charge in [-0.3, -0.25) is 19.3 Å². The van der Waals surface area contributed by atoms with Crippen LogP contribution in [0.15, 0.2) is 29.8 Å². The van der Waals surface area contributed by atoms with Crippen molar-refractivity contribution in [1.82, 2.24) is 14.8 Å². The fraction of sp³-hybridized carbons (Fsp3) is 0.520. The molecule has 8 heteroatoms. The zero-order chi connectivity index (χ0) is 22.9. The van der Waals surface area contributed by atoms with Gasteiger partial charge in [0.1, 0.15) is 5.01 Å². The monoisotopic (exact) mass is 466 g/mol. The maximum atomic E-state index is 13.5. The van der Waals surface area contributed by atoms with Gasteiger partial charge in [-0.25, -0.2) is 4.98 Å². The Morgan fingerprint density at radius 3 is 2.58 bits per heavy atom. The van der Waals surface area contributed by atoms with Crippen LogP contribution < -0.4 is 4.90 Å². The van der Waals surface area contributed by atoms with Gasteiger partial charge in [0.05, 0.1) is 28.8 Å². The van der Waals surface area contributed by atoms with Crippen LogP contribution in [0.25, 0.3) is 0 Å². The van der Waals surface area contributed by atoms with Crippen LogP contribution in [-0.2, 0) is 4.79 Å². The standard InChI is InChI=1S/C25H30N4O3S/c1-17(22-26-11-15-33-22)29-24(31)19-9-6-10-20(21(19)25(29)32)28-14-7-8-18(16-28)23(30)27-12-4-2-3-5-13-27/h6,9-11,15,17-18H,2-5,7-8,12-14,16H2,1H3/t17-,18-/m0/s1. The van der Waals surface area contributed by atoms with E-state index in [-0.39, 0.29) is 23.6 Å². The van der Waals surface area contributed by atoms with Gasteiger partial charge in [-0.1, -0.05) is 18.9 Å². The van der Waals surface area contributed by atoms with Crippen molar-refractivity contribution in [3.05, 3.63) is 45.9 Å². The van der Waals surface area contributed by atoms with Crippen molar-refractivity contribution < 1.29 is 14.4 Å². The number of thiazole rings is 1. The highest BCUT2D eigenvalue weighted by molar-refractivity contribution is 7.09. The summed E-state index contributed by atoms with van der Waals surface area (Å²) >= 11 is 1.44. The number of carbonyl (C=O) groups excluding carboxylic acids is 3. The number of amides is 3. The first-order valence-electron chi connectivity index (χ1n) is 12.0. The van der Waals surface area contributed by atoms with E-state index in [9.17, 15) is 14.4 Å². The molecule has 3 amide bonds. The number of piperidine rings is 1. The minimum absolute atomic E-state index is 0.0646. The van der Waals surface area contributed by atoms with E-state index >= 15 is 0 Å². The summed E-state index contributed by atoms with van der Waals surface area (Å²) in [5.74, 6) is -0.358. The van der Waals surface area contributed by atoms with Crippen molar-refractivity contribution in [2.75, 3.05) is 31.1 Å². The molecule has 7 nitrogen and oxygen atoms in total. The number of hydrogen-bond acceptors (Lipinski definition) is 6. The van der Waals surface area contributed by atoms with E-state index in [1.54, 1.807) is 12.3 Å². The van der Waals surface area contributed by atoms with Gasteiger partial charge in [0, 0.05) is 37.8 Å².